The first kappa shape index (κ1) is 35.2. The Hall–Kier alpha value is -0.790. The highest BCUT2D eigenvalue weighted by Crippen LogP contribution is 2.17. The van der Waals surface area contributed by atoms with Gasteiger partial charge in [-0.05, 0) is 32.1 Å². The van der Waals surface area contributed by atoms with Gasteiger partial charge in [-0.1, -0.05) is 168 Å². The number of nitrogens with one attached hydrogen (secondary N) is 1. The number of rotatable bonds is 29. The van der Waals surface area contributed by atoms with Crippen molar-refractivity contribution in [1.29, 1.82) is 0 Å². The largest absolute Gasteiger partial charge is 0.254 e. The molecule has 0 bridgehead atoms. The van der Waals surface area contributed by atoms with E-state index in [1.54, 1.807) is 0 Å². The van der Waals surface area contributed by atoms with E-state index in [0.717, 1.165) is 5.92 Å². The number of unbranched alkanes of at least 4 members (excludes halogenated alkanes) is 22. The standard InChI is InChI=1S/C36H70N2/c1-5-6-7-8-9-10-11-12-13-14-18-21-24-27-30-35(4)38-33-32-37-36(38)31-28-25-22-19-16-15-17-20-23-26-29-34(2)3/h32-35H,5-31H2,1-4H3/p+1. The zero-order valence-electron chi connectivity index (χ0n) is 26.8. The van der Waals surface area contributed by atoms with Crippen LogP contribution in [-0.4, -0.2) is 4.98 Å². The van der Waals surface area contributed by atoms with Crippen molar-refractivity contribution in [1.82, 2.24) is 4.98 Å². The van der Waals surface area contributed by atoms with Crippen molar-refractivity contribution < 1.29 is 4.57 Å². The molecule has 1 heterocycles. The van der Waals surface area contributed by atoms with Gasteiger partial charge in [0, 0.05) is 6.42 Å². The minimum Gasteiger partial charge on any atom is -0.248 e. The molecule has 224 valence electrons. The van der Waals surface area contributed by atoms with Crippen molar-refractivity contribution in [3.63, 3.8) is 0 Å². The molecule has 0 saturated heterocycles. The van der Waals surface area contributed by atoms with Crippen molar-refractivity contribution >= 4 is 0 Å². The maximum atomic E-state index is 3.54. The minimum absolute atomic E-state index is 0.633. The predicted octanol–water partition coefficient (Wildman–Crippen LogP) is 12.2. The van der Waals surface area contributed by atoms with Crippen molar-refractivity contribution in [2.24, 2.45) is 5.92 Å². The Labute approximate surface area is 240 Å². The number of H-pyrrole nitrogens is 1. The highest BCUT2D eigenvalue weighted by molar-refractivity contribution is 4.78. The van der Waals surface area contributed by atoms with Crippen LogP contribution < -0.4 is 4.57 Å². The zero-order valence-corrected chi connectivity index (χ0v) is 26.8. The molecule has 0 aliphatic rings. The molecule has 0 aliphatic carbocycles. The van der Waals surface area contributed by atoms with E-state index in [0.29, 0.717) is 6.04 Å². The Morgan fingerprint density at radius 3 is 1.37 bits per heavy atom. The SMILES string of the molecule is CCCCCCCCCCCCCCCCC(C)[n+]1cc[nH]c1CCCCCCCCCCCCC(C)C. The summed E-state index contributed by atoms with van der Waals surface area (Å²) < 4.78 is 2.53. The molecule has 1 atom stereocenters. The summed E-state index contributed by atoms with van der Waals surface area (Å²) in [6.45, 7) is 9.41. The zero-order chi connectivity index (χ0) is 27.5. The molecule has 1 aromatic heterocycles. The summed E-state index contributed by atoms with van der Waals surface area (Å²) in [6, 6.07) is 0.633. The van der Waals surface area contributed by atoms with Gasteiger partial charge in [0.2, 0.25) is 0 Å². The molecule has 1 N–H and O–H groups in total. The van der Waals surface area contributed by atoms with Gasteiger partial charge in [-0.15, -0.1) is 0 Å². The molecular weight excluding hydrogens is 460 g/mol. The number of aromatic nitrogens is 2. The van der Waals surface area contributed by atoms with Crippen LogP contribution in [0.4, 0.5) is 0 Å². The Morgan fingerprint density at radius 1 is 0.526 bits per heavy atom. The van der Waals surface area contributed by atoms with Gasteiger partial charge >= 0.3 is 0 Å². The number of hydrogen-bond donors (Lipinski definition) is 1. The lowest BCUT2D eigenvalue weighted by molar-refractivity contribution is -0.726. The molecule has 2 nitrogen and oxygen atoms in total. The van der Waals surface area contributed by atoms with Crippen LogP contribution in [0.5, 0.6) is 0 Å². The fourth-order valence-corrected chi connectivity index (χ4v) is 6.03. The maximum absolute atomic E-state index is 3.54. The molecule has 1 aromatic rings. The summed E-state index contributed by atoms with van der Waals surface area (Å²) >= 11 is 0. The van der Waals surface area contributed by atoms with Gasteiger partial charge in [0.25, 0.3) is 5.82 Å². The fraction of sp³-hybridized carbons (Fsp3) is 0.917. The van der Waals surface area contributed by atoms with E-state index in [9.17, 15) is 0 Å². The van der Waals surface area contributed by atoms with Gasteiger partial charge in [-0.3, -0.25) is 0 Å². The molecule has 0 amide bonds. The first-order valence-corrected chi connectivity index (χ1v) is 17.7. The van der Waals surface area contributed by atoms with E-state index in [1.807, 2.05) is 0 Å². The number of aromatic amines is 1. The van der Waals surface area contributed by atoms with Crippen molar-refractivity contribution in [3.8, 4) is 0 Å². The third-order valence-electron chi connectivity index (χ3n) is 8.69. The second-order valence-electron chi connectivity index (χ2n) is 13.0. The van der Waals surface area contributed by atoms with Gasteiger partial charge in [0.05, 0.1) is 6.04 Å². The van der Waals surface area contributed by atoms with Crippen molar-refractivity contribution in [3.05, 3.63) is 18.2 Å². The minimum atomic E-state index is 0.633. The monoisotopic (exact) mass is 532 g/mol. The van der Waals surface area contributed by atoms with Crippen LogP contribution in [0.25, 0.3) is 0 Å². The van der Waals surface area contributed by atoms with Crippen LogP contribution in [0, 0.1) is 5.92 Å². The third kappa shape index (κ3) is 21.1. The number of nitrogens with zero attached hydrogens (tertiary/aromatic N) is 1. The van der Waals surface area contributed by atoms with Crippen molar-refractivity contribution in [2.45, 2.75) is 207 Å². The van der Waals surface area contributed by atoms with Gasteiger partial charge in [0.15, 0.2) is 0 Å². The smallest absolute Gasteiger partial charge is 0.248 e. The third-order valence-corrected chi connectivity index (χ3v) is 8.69. The van der Waals surface area contributed by atoms with E-state index in [1.165, 1.54) is 179 Å². The van der Waals surface area contributed by atoms with Gasteiger partial charge in [0.1, 0.15) is 12.4 Å². The summed E-state index contributed by atoms with van der Waals surface area (Å²) in [7, 11) is 0. The first-order valence-electron chi connectivity index (χ1n) is 17.7. The molecule has 0 fully saturated rings. The molecule has 1 unspecified atom stereocenters. The van der Waals surface area contributed by atoms with E-state index < -0.39 is 0 Å². The highest BCUT2D eigenvalue weighted by atomic mass is 15.1. The molecule has 0 aromatic carbocycles. The average Bonchev–Trinajstić information content (AvgIpc) is 3.38. The first-order chi connectivity index (χ1) is 18.6. The summed E-state index contributed by atoms with van der Waals surface area (Å²) in [6.07, 6.45) is 42.9. The van der Waals surface area contributed by atoms with Gasteiger partial charge < -0.3 is 0 Å². The lowest BCUT2D eigenvalue weighted by atomic mass is 10.0. The number of imidazole rings is 1. The molecule has 0 aliphatic heterocycles. The van der Waals surface area contributed by atoms with E-state index in [2.05, 4.69) is 49.6 Å². The number of aryl methyl sites for hydroxylation is 1. The lowest BCUT2D eigenvalue weighted by Gasteiger charge is -2.10. The summed E-state index contributed by atoms with van der Waals surface area (Å²) in [5.74, 6) is 2.33. The lowest BCUT2D eigenvalue weighted by Crippen LogP contribution is -2.39. The second kappa shape index (κ2) is 26.4. The van der Waals surface area contributed by atoms with E-state index >= 15 is 0 Å². The van der Waals surface area contributed by atoms with Crippen LogP contribution in [0.1, 0.15) is 207 Å². The van der Waals surface area contributed by atoms with E-state index in [-0.39, 0.29) is 0 Å². The van der Waals surface area contributed by atoms with Gasteiger partial charge in [-0.2, -0.15) is 0 Å². The molecule has 38 heavy (non-hydrogen) atoms. The molecule has 1 rings (SSSR count). The Morgan fingerprint density at radius 2 is 0.921 bits per heavy atom. The second-order valence-corrected chi connectivity index (χ2v) is 13.0. The fourth-order valence-electron chi connectivity index (χ4n) is 6.03. The molecular formula is C36H71N2+. The number of hydrogen-bond acceptors (Lipinski definition) is 0. The molecule has 0 radical (unpaired) electrons. The highest BCUT2D eigenvalue weighted by Gasteiger charge is 2.16. The summed E-state index contributed by atoms with van der Waals surface area (Å²) in [4.78, 5) is 3.54. The van der Waals surface area contributed by atoms with Crippen LogP contribution in [0.2, 0.25) is 0 Å². The molecule has 2 heteroatoms. The summed E-state index contributed by atoms with van der Waals surface area (Å²) in [5, 5.41) is 0. The van der Waals surface area contributed by atoms with E-state index in [4.69, 9.17) is 0 Å². The van der Waals surface area contributed by atoms with Crippen LogP contribution in [0.15, 0.2) is 12.4 Å². The Balaban J connectivity index is 1.93. The Bertz CT molecular complexity index is 590. The molecule has 0 saturated carbocycles. The maximum Gasteiger partial charge on any atom is 0.254 e. The van der Waals surface area contributed by atoms with Crippen LogP contribution >= 0.6 is 0 Å². The summed E-state index contributed by atoms with van der Waals surface area (Å²) in [5.41, 5.74) is 0. The average molecular weight is 532 g/mol. The predicted molar refractivity (Wildman–Crippen MR) is 170 cm³/mol. The van der Waals surface area contributed by atoms with Crippen molar-refractivity contribution in [2.75, 3.05) is 0 Å². The van der Waals surface area contributed by atoms with Crippen LogP contribution in [0.3, 0.4) is 0 Å². The topological polar surface area (TPSA) is 19.7 Å². The van der Waals surface area contributed by atoms with Crippen LogP contribution in [-0.2, 0) is 6.42 Å². The quantitative estimate of drug-likeness (QED) is 0.0783. The Kier molecular flexibility index (Phi) is 24.5. The normalized spacial score (nSPS) is 12.6. The molecule has 0 spiro atoms. The van der Waals surface area contributed by atoms with Gasteiger partial charge in [-0.25, -0.2) is 9.55 Å².